The van der Waals surface area contributed by atoms with E-state index >= 15 is 0 Å². The highest BCUT2D eigenvalue weighted by Gasteiger charge is 2.30. The van der Waals surface area contributed by atoms with Gasteiger partial charge >= 0.3 is 6.18 Å². The monoisotopic (exact) mass is 557 g/mol. The number of alkyl halides is 3. The van der Waals surface area contributed by atoms with Crippen LogP contribution in [0.4, 0.5) is 36.3 Å². The molecule has 0 unspecified atom stereocenters. The van der Waals surface area contributed by atoms with E-state index in [1.807, 2.05) is 62.1 Å². The molecule has 11 heteroatoms. The average molecular weight is 558 g/mol. The zero-order valence-corrected chi connectivity index (χ0v) is 23.9. The molecule has 216 valence electrons. The fourth-order valence-electron chi connectivity index (χ4n) is 4.17. The first-order valence-electron chi connectivity index (χ1n) is 13.2. The molecule has 0 atom stereocenters. The van der Waals surface area contributed by atoms with E-state index in [9.17, 15) is 13.2 Å². The van der Waals surface area contributed by atoms with Crippen molar-refractivity contribution in [3.8, 4) is 5.88 Å². The number of hydrogen-bond acceptors (Lipinski definition) is 8. The molecule has 0 saturated carbocycles. The van der Waals surface area contributed by atoms with Crippen LogP contribution in [0.5, 0.6) is 5.88 Å². The van der Waals surface area contributed by atoms with Crippen LogP contribution in [0, 0.1) is 0 Å². The van der Waals surface area contributed by atoms with Crippen LogP contribution in [0.3, 0.4) is 0 Å². The molecule has 3 aromatic rings. The third-order valence-electron chi connectivity index (χ3n) is 6.15. The van der Waals surface area contributed by atoms with E-state index in [1.54, 1.807) is 19.3 Å². The van der Waals surface area contributed by atoms with Crippen molar-refractivity contribution in [2.45, 2.75) is 32.9 Å². The number of likely N-dealkylation sites (N-methyl/N-ethyl adjacent to an activating group) is 2. The molecule has 0 saturated heterocycles. The molecule has 0 aliphatic carbocycles. The zero-order valence-electron chi connectivity index (χ0n) is 23.9. The van der Waals surface area contributed by atoms with E-state index in [1.165, 1.54) is 5.56 Å². The van der Waals surface area contributed by atoms with Gasteiger partial charge in [-0.15, -0.1) is 0 Å². The van der Waals surface area contributed by atoms with Crippen LogP contribution in [-0.2, 0) is 6.42 Å². The lowest BCUT2D eigenvalue weighted by molar-refractivity contribution is -0.153. The van der Waals surface area contributed by atoms with Gasteiger partial charge in [-0.1, -0.05) is 43.7 Å². The van der Waals surface area contributed by atoms with Gasteiger partial charge in [-0.3, -0.25) is 0 Å². The van der Waals surface area contributed by atoms with E-state index in [0.717, 1.165) is 30.5 Å². The minimum absolute atomic E-state index is 0.198. The molecule has 1 aromatic carbocycles. The molecule has 0 fully saturated rings. The molecule has 8 nitrogen and oxygen atoms in total. The lowest BCUT2D eigenvalue weighted by Crippen LogP contribution is -2.30. The molecule has 0 spiro atoms. The molecule has 40 heavy (non-hydrogen) atoms. The van der Waals surface area contributed by atoms with Crippen LogP contribution in [0.1, 0.15) is 37.1 Å². The third kappa shape index (κ3) is 8.32. The summed E-state index contributed by atoms with van der Waals surface area (Å²) in [6.45, 7) is 3.94. The molecular formula is C29H38F3N7O. The van der Waals surface area contributed by atoms with Gasteiger partial charge < -0.3 is 25.2 Å². The van der Waals surface area contributed by atoms with E-state index in [0.29, 0.717) is 23.7 Å². The Balaban J connectivity index is 2.00. The number of anilines is 4. The number of rotatable bonds is 13. The van der Waals surface area contributed by atoms with Crippen LogP contribution in [0.15, 0.2) is 48.7 Å². The molecular weight excluding hydrogens is 519 g/mol. The van der Waals surface area contributed by atoms with Gasteiger partial charge in [-0.2, -0.15) is 18.2 Å². The van der Waals surface area contributed by atoms with Crippen LogP contribution in [-0.4, -0.2) is 73.9 Å². The van der Waals surface area contributed by atoms with Crippen molar-refractivity contribution in [3.05, 3.63) is 65.5 Å². The van der Waals surface area contributed by atoms with Crippen molar-refractivity contribution >= 4 is 28.7 Å². The smallest absolute Gasteiger partial charge is 0.422 e. The van der Waals surface area contributed by atoms with E-state index in [4.69, 9.17) is 9.72 Å². The fourth-order valence-corrected chi connectivity index (χ4v) is 4.17. The molecule has 0 aliphatic heterocycles. The lowest BCUT2D eigenvalue weighted by atomic mass is 9.94. The molecule has 2 heterocycles. The Hall–Kier alpha value is -3.86. The van der Waals surface area contributed by atoms with Gasteiger partial charge in [-0.25, -0.2) is 9.97 Å². The second kappa shape index (κ2) is 14.0. The number of aryl methyl sites for hydroxylation is 1. The number of allylic oxidation sites excluding steroid dienone is 1. The van der Waals surface area contributed by atoms with E-state index in [2.05, 4.69) is 39.7 Å². The van der Waals surface area contributed by atoms with Gasteiger partial charge in [0.05, 0.1) is 11.4 Å². The van der Waals surface area contributed by atoms with Crippen molar-refractivity contribution < 1.29 is 17.9 Å². The molecule has 2 N–H and O–H groups in total. The first-order valence-corrected chi connectivity index (χ1v) is 13.2. The van der Waals surface area contributed by atoms with Crippen molar-refractivity contribution in [2.24, 2.45) is 0 Å². The van der Waals surface area contributed by atoms with Gasteiger partial charge in [0.25, 0.3) is 0 Å². The standard InChI is InChI=1S/C29H38F3N7O/c1-7-11-20-12-9-10-13-22(20)21(8-2)23-14-15-34-28(35-23)36-25-18-24(33-3)26(39(6)17-16-38(4)5)37-27(25)40-19-29(30,31)32/h8-10,12-15,18,33H,7,11,16-17,19H2,1-6H3,(H,34,35,36)/b21-8+. The highest BCUT2D eigenvalue weighted by atomic mass is 19.4. The number of halogens is 3. The molecule has 0 amide bonds. The average Bonchev–Trinajstić information content (AvgIpc) is 2.92. The Morgan fingerprint density at radius 3 is 2.45 bits per heavy atom. The van der Waals surface area contributed by atoms with E-state index in [-0.39, 0.29) is 17.5 Å². The predicted octanol–water partition coefficient (Wildman–Crippen LogP) is 6.00. The Bertz CT molecular complexity index is 1290. The van der Waals surface area contributed by atoms with Crippen molar-refractivity contribution in [1.29, 1.82) is 0 Å². The van der Waals surface area contributed by atoms with Crippen molar-refractivity contribution in [3.63, 3.8) is 0 Å². The SMILES string of the molecule is C/C=C(/c1ccnc(Nc2cc(NC)c(N(C)CCN(C)C)nc2OCC(F)(F)F)n1)c1ccccc1CCC. The molecule has 3 rings (SSSR count). The van der Waals surface area contributed by atoms with Gasteiger partial charge in [0.15, 0.2) is 12.4 Å². The first-order chi connectivity index (χ1) is 19.1. The number of nitrogens with zero attached hydrogens (tertiary/aromatic N) is 5. The van der Waals surface area contributed by atoms with Crippen LogP contribution in [0.2, 0.25) is 0 Å². The summed E-state index contributed by atoms with van der Waals surface area (Å²) >= 11 is 0. The maximum Gasteiger partial charge on any atom is 0.422 e. The van der Waals surface area contributed by atoms with Gasteiger partial charge in [0, 0.05) is 39.0 Å². The summed E-state index contributed by atoms with van der Waals surface area (Å²) in [5.74, 6) is 0.473. The maximum atomic E-state index is 13.1. The minimum Gasteiger partial charge on any atom is -0.466 e. The second-order valence-corrected chi connectivity index (χ2v) is 9.59. The summed E-state index contributed by atoms with van der Waals surface area (Å²) in [6, 6.07) is 11.6. The lowest BCUT2D eigenvalue weighted by Gasteiger charge is -2.24. The van der Waals surface area contributed by atoms with Gasteiger partial charge in [0.1, 0.15) is 5.69 Å². The first kappa shape index (κ1) is 30.7. The Morgan fingerprint density at radius 2 is 1.80 bits per heavy atom. The van der Waals surface area contributed by atoms with Crippen molar-refractivity contribution in [1.82, 2.24) is 19.9 Å². The summed E-state index contributed by atoms with van der Waals surface area (Å²) < 4.78 is 44.5. The van der Waals surface area contributed by atoms with Crippen LogP contribution >= 0.6 is 0 Å². The largest absolute Gasteiger partial charge is 0.466 e. The maximum absolute atomic E-state index is 13.1. The van der Waals surface area contributed by atoms with Crippen LogP contribution in [0.25, 0.3) is 5.57 Å². The molecule has 2 aromatic heterocycles. The summed E-state index contributed by atoms with van der Waals surface area (Å²) in [5.41, 5.74) is 4.74. The summed E-state index contributed by atoms with van der Waals surface area (Å²) in [6.07, 6.45) is 1.02. The fraction of sp³-hybridized carbons (Fsp3) is 0.414. The van der Waals surface area contributed by atoms with Crippen molar-refractivity contribution in [2.75, 3.05) is 63.4 Å². The quantitative estimate of drug-likeness (QED) is 0.265. The Morgan fingerprint density at radius 1 is 1.05 bits per heavy atom. The zero-order chi connectivity index (χ0) is 29.3. The Labute approximate surface area is 234 Å². The van der Waals surface area contributed by atoms with E-state index < -0.39 is 12.8 Å². The number of benzene rings is 1. The van der Waals surface area contributed by atoms with Crippen LogP contribution < -0.4 is 20.3 Å². The minimum atomic E-state index is -4.53. The molecule has 0 bridgehead atoms. The number of pyridine rings is 1. The van der Waals surface area contributed by atoms with Gasteiger partial charge in [-0.05, 0) is 50.7 Å². The topological polar surface area (TPSA) is 78.4 Å². The van der Waals surface area contributed by atoms with Gasteiger partial charge in [0.2, 0.25) is 11.8 Å². The number of ether oxygens (including phenoxy) is 1. The summed E-state index contributed by atoms with van der Waals surface area (Å²) in [5, 5.41) is 6.12. The number of nitrogens with one attached hydrogen (secondary N) is 2. The Kier molecular flexibility index (Phi) is 10.7. The third-order valence-corrected chi connectivity index (χ3v) is 6.15. The number of aromatic nitrogens is 3. The summed E-state index contributed by atoms with van der Waals surface area (Å²) in [7, 11) is 7.44. The molecule has 0 aliphatic rings. The second-order valence-electron chi connectivity index (χ2n) is 9.59. The normalized spacial score (nSPS) is 12.0. The highest BCUT2D eigenvalue weighted by Crippen LogP contribution is 2.35. The predicted molar refractivity (Wildman–Crippen MR) is 156 cm³/mol. The molecule has 0 radical (unpaired) electrons. The highest BCUT2D eigenvalue weighted by molar-refractivity contribution is 5.80. The summed E-state index contributed by atoms with van der Waals surface area (Å²) in [4.78, 5) is 17.4. The number of hydrogen-bond donors (Lipinski definition) is 2.